The van der Waals surface area contributed by atoms with Crippen LogP contribution in [-0.4, -0.2) is 30.6 Å². The number of ketones is 1. The quantitative estimate of drug-likeness (QED) is 0.678. The van der Waals surface area contributed by atoms with E-state index in [1.54, 1.807) is 0 Å². The van der Waals surface area contributed by atoms with Crippen molar-refractivity contribution in [1.82, 2.24) is 5.32 Å². The zero-order valence-corrected chi connectivity index (χ0v) is 9.60. The summed E-state index contributed by atoms with van der Waals surface area (Å²) in [6, 6.07) is 0. The average molecular weight is 197 g/mol. The van der Waals surface area contributed by atoms with Crippen LogP contribution in [0.3, 0.4) is 0 Å². The highest BCUT2D eigenvalue weighted by atomic mass is 16.5. The number of Topliss-reactive ketones (excluding diaryl/α,β-unsaturated/α-hetero) is 1. The minimum Gasteiger partial charge on any atom is -0.357 e. The van der Waals surface area contributed by atoms with Crippen molar-refractivity contribution in [3.8, 4) is 0 Å². The van der Waals surface area contributed by atoms with Gasteiger partial charge in [0.15, 0.2) is 5.78 Å². The summed E-state index contributed by atoms with van der Waals surface area (Å²) in [4.78, 5) is 11.9. The Morgan fingerprint density at radius 3 is 2.21 bits per heavy atom. The smallest absolute Gasteiger partial charge is 0.192 e. The predicted molar refractivity (Wildman–Crippen MR) is 56.3 cm³/mol. The molecule has 3 heteroatoms. The first-order chi connectivity index (χ1) is 6.31. The topological polar surface area (TPSA) is 38.3 Å². The Balaban J connectivity index is 3.00. The lowest BCUT2D eigenvalue weighted by Gasteiger charge is -2.22. The molecular weight excluding hydrogens is 178 g/mol. The van der Waals surface area contributed by atoms with Crippen molar-refractivity contribution in [3.63, 3.8) is 0 Å². The van der Waals surface area contributed by atoms with Crippen LogP contribution in [0.5, 0.6) is 0 Å². The van der Waals surface area contributed by atoms with Gasteiger partial charge < -0.3 is 10.1 Å². The maximum atomic E-state index is 11.9. The summed E-state index contributed by atoms with van der Waals surface area (Å²) < 4.78 is 5.71. The van der Waals surface area contributed by atoms with Gasteiger partial charge in [0.05, 0.1) is 5.60 Å². The van der Waals surface area contributed by atoms with Gasteiger partial charge in [-0.25, -0.2) is 0 Å². The second-order valence-electron chi connectivity index (χ2n) is 4.63. The molecule has 1 aliphatic rings. The van der Waals surface area contributed by atoms with Crippen LogP contribution in [0.15, 0.2) is 11.6 Å². The maximum Gasteiger partial charge on any atom is 0.192 e. The monoisotopic (exact) mass is 197 g/mol. The molecule has 0 amide bonds. The number of hydrogen-bond donors (Lipinski definition) is 1. The molecule has 1 saturated heterocycles. The van der Waals surface area contributed by atoms with E-state index in [4.69, 9.17) is 4.74 Å². The molecule has 0 aromatic carbocycles. The molecule has 0 atom stereocenters. The molecule has 3 nitrogen and oxygen atoms in total. The minimum atomic E-state index is -0.678. The summed E-state index contributed by atoms with van der Waals surface area (Å²) in [5.74, 6) is 0.0951. The summed E-state index contributed by atoms with van der Waals surface area (Å²) in [6.45, 7) is 8.20. The van der Waals surface area contributed by atoms with Gasteiger partial charge in [-0.3, -0.25) is 4.79 Å². The van der Waals surface area contributed by atoms with Crippen molar-refractivity contribution in [2.45, 2.75) is 38.9 Å². The highest BCUT2D eigenvalue weighted by Gasteiger charge is 2.48. The number of carbonyl (C=O) groups is 1. The average Bonchev–Trinajstić information content (AvgIpc) is 2.16. The fourth-order valence-corrected chi connectivity index (χ4v) is 1.88. The van der Waals surface area contributed by atoms with Crippen molar-refractivity contribution >= 4 is 5.78 Å². The molecule has 0 bridgehead atoms. The molecule has 0 aliphatic carbocycles. The van der Waals surface area contributed by atoms with E-state index in [-0.39, 0.29) is 5.78 Å². The number of hydrogen-bond acceptors (Lipinski definition) is 3. The third-order valence-electron chi connectivity index (χ3n) is 2.46. The van der Waals surface area contributed by atoms with Gasteiger partial charge in [-0.15, -0.1) is 0 Å². The molecule has 1 heterocycles. The molecule has 1 N–H and O–H groups in total. The van der Waals surface area contributed by atoms with Crippen LogP contribution in [0.2, 0.25) is 0 Å². The molecule has 1 fully saturated rings. The van der Waals surface area contributed by atoms with E-state index in [9.17, 15) is 4.79 Å². The van der Waals surface area contributed by atoms with Gasteiger partial charge >= 0.3 is 0 Å². The zero-order valence-electron chi connectivity index (χ0n) is 9.60. The summed E-state index contributed by atoms with van der Waals surface area (Å²) >= 11 is 0. The minimum absolute atomic E-state index is 0.0951. The van der Waals surface area contributed by atoms with E-state index >= 15 is 0 Å². The van der Waals surface area contributed by atoms with Crippen molar-refractivity contribution < 1.29 is 9.53 Å². The fourth-order valence-electron chi connectivity index (χ4n) is 1.88. The van der Waals surface area contributed by atoms with Crippen LogP contribution in [0.4, 0.5) is 0 Å². The van der Waals surface area contributed by atoms with Gasteiger partial charge in [0.2, 0.25) is 0 Å². The van der Waals surface area contributed by atoms with Crippen LogP contribution < -0.4 is 5.32 Å². The molecule has 0 unspecified atom stereocenters. The standard InChI is InChI=1S/C11H19NO2/c1-10(2)8(6-7-12-5)9(13)11(3,4)14-10/h6,12H,7H2,1-5H3. The normalized spacial score (nSPS) is 27.2. The SMILES string of the molecule is CNCC=C1C(=O)C(C)(C)OC1(C)C. The first kappa shape index (κ1) is 11.4. The largest absolute Gasteiger partial charge is 0.357 e. The predicted octanol–water partition coefficient (Wildman–Crippen LogP) is 1.29. The molecule has 1 rings (SSSR count). The van der Waals surface area contributed by atoms with Crippen LogP contribution in [0.25, 0.3) is 0 Å². The molecule has 0 aromatic rings. The van der Waals surface area contributed by atoms with E-state index in [1.807, 2.05) is 40.8 Å². The summed E-state index contributed by atoms with van der Waals surface area (Å²) in [6.07, 6.45) is 1.91. The van der Waals surface area contributed by atoms with Gasteiger partial charge in [0, 0.05) is 12.1 Å². The third kappa shape index (κ3) is 1.88. The van der Waals surface area contributed by atoms with Gasteiger partial charge in [0.25, 0.3) is 0 Å². The van der Waals surface area contributed by atoms with Crippen LogP contribution in [0.1, 0.15) is 27.7 Å². The fraction of sp³-hybridized carbons (Fsp3) is 0.727. The first-order valence-electron chi connectivity index (χ1n) is 4.91. The van der Waals surface area contributed by atoms with Gasteiger partial charge in [-0.1, -0.05) is 6.08 Å². The van der Waals surface area contributed by atoms with Crippen LogP contribution in [0, 0.1) is 0 Å². The van der Waals surface area contributed by atoms with Crippen molar-refractivity contribution in [2.24, 2.45) is 0 Å². The molecule has 0 saturated carbocycles. The van der Waals surface area contributed by atoms with Crippen LogP contribution >= 0.6 is 0 Å². The molecule has 0 radical (unpaired) electrons. The summed E-state index contributed by atoms with van der Waals surface area (Å²) in [5, 5.41) is 3.00. The Morgan fingerprint density at radius 2 is 1.86 bits per heavy atom. The van der Waals surface area contributed by atoms with Gasteiger partial charge in [-0.2, -0.15) is 0 Å². The molecule has 0 spiro atoms. The number of ether oxygens (including phenoxy) is 1. The lowest BCUT2D eigenvalue weighted by atomic mass is 9.92. The van der Waals surface area contributed by atoms with Crippen molar-refractivity contribution in [2.75, 3.05) is 13.6 Å². The van der Waals surface area contributed by atoms with Gasteiger partial charge in [0.1, 0.15) is 5.60 Å². The summed E-state index contributed by atoms with van der Waals surface area (Å²) in [5.41, 5.74) is -0.364. The van der Waals surface area contributed by atoms with E-state index in [2.05, 4.69) is 5.32 Å². The van der Waals surface area contributed by atoms with E-state index in [1.165, 1.54) is 0 Å². The van der Waals surface area contributed by atoms with E-state index < -0.39 is 11.2 Å². The number of carbonyl (C=O) groups excluding carboxylic acids is 1. The highest BCUT2D eigenvalue weighted by molar-refractivity contribution is 6.05. The first-order valence-corrected chi connectivity index (χ1v) is 4.91. The molecule has 80 valence electrons. The second kappa shape index (κ2) is 3.48. The van der Waals surface area contributed by atoms with Crippen molar-refractivity contribution in [1.29, 1.82) is 0 Å². The lowest BCUT2D eigenvalue weighted by Crippen LogP contribution is -2.29. The van der Waals surface area contributed by atoms with Crippen LogP contribution in [-0.2, 0) is 9.53 Å². The maximum absolute atomic E-state index is 11.9. The molecule has 1 aliphatic heterocycles. The number of rotatable bonds is 2. The summed E-state index contributed by atoms with van der Waals surface area (Å²) in [7, 11) is 1.86. The molecular formula is C11H19NO2. The number of nitrogens with one attached hydrogen (secondary N) is 1. The Labute approximate surface area is 85.5 Å². The zero-order chi connectivity index (χ0) is 11.0. The Hall–Kier alpha value is -0.670. The number of likely N-dealkylation sites (N-methyl/N-ethyl adjacent to an activating group) is 1. The third-order valence-corrected chi connectivity index (χ3v) is 2.46. The van der Waals surface area contributed by atoms with E-state index in [0.717, 1.165) is 5.57 Å². The Morgan fingerprint density at radius 1 is 1.29 bits per heavy atom. The van der Waals surface area contributed by atoms with Crippen molar-refractivity contribution in [3.05, 3.63) is 11.6 Å². The molecule has 14 heavy (non-hydrogen) atoms. The van der Waals surface area contributed by atoms with E-state index in [0.29, 0.717) is 6.54 Å². The highest BCUT2D eigenvalue weighted by Crippen LogP contribution is 2.38. The Bertz CT molecular complexity index is 277. The Kier molecular flexibility index (Phi) is 2.83. The van der Waals surface area contributed by atoms with Gasteiger partial charge in [-0.05, 0) is 34.7 Å². The molecule has 0 aromatic heterocycles. The second-order valence-corrected chi connectivity index (χ2v) is 4.63. The lowest BCUT2D eigenvalue weighted by molar-refractivity contribution is -0.132.